The minimum Gasteiger partial charge on any atom is -0.497 e. The molecule has 0 fully saturated rings. The van der Waals surface area contributed by atoms with Gasteiger partial charge >= 0.3 is 0 Å². The summed E-state index contributed by atoms with van der Waals surface area (Å²) >= 11 is 0. The van der Waals surface area contributed by atoms with Gasteiger partial charge in [-0.1, -0.05) is 12.1 Å². The van der Waals surface area contributed by atoms with Crippen LogP contribution in [-0.2, 0) is 4.79 Å². The quantitative estimate of drug-likeness (QED) is 0.743. The van der Waals surface area contributed by atoms with Gasteiger partial charge in [0.1, 0.15) is 18.1 Å². The molecule has 1 amide bonds. The zero-order valence-electron chi connectivity index (χ0n) is 15.1. The molecule has 0 heterocycles. The van der Waals surface area contributed by atoms with Gasteiger partial charge in [-0.2, -0.15) is 0 Å². The van der Waals surface area contributed by atoms with Crippen molar-refractivity contribution >= 4 is 11.6 Å². The number of methoxy groups -OCH3 is 2. The Labute approximate surface area is 152 Å². The molecule has 140 valence electrons. The summed E-state index contributed by atoms with van der Waals surface area (Å²) in [5.41, 5.74) is 0.585. The molecule has 7 heteroatoms. The smallest absolute Gasteiger partial charge is 0.238 e. The summed E-state index contributed by atoms with van der Waals surface area (Å²) in [6.45, 7) is 0.918. The number of amides is 1. The number of likely N-dealkylation sites (N-methyl/N-ethyl adjacent to an activating group) is 1. The molecule has 26 heavy (non-hydrogen) atoms. The summed E-state index contributed by atoms with van der Waals surface area (Å²) in [5.74, 6) is 0.792. The first-order valence-corrected chi connectivity index (χ1v) is 8.10. The number of carbonyl (C=O) groups is 1. The molecule has 0 spiro atoms. The second-order valence-corrected chi connectivity index (χ2v) is 5.67. The zero-order chi connectivity index (χ0) is 18.9. The van der Waals surface area contributed by atoms with Crippen molar-refractivity contribution in [2.24, 2.45) is 0 Å². The fraction of sp³-hybridized carbons (Fsp3) is 0.316. The maximum Gasteiger partial charge on any atom is 0.238 e. The number of ether oxygens (including phenoxy) is 3. The van der Waals surface area contributed by atoms with Crippen molar-refractivity contribution in [3.05, 3.63) is 48.3 Å². The van der Waals surface area contributed by atoms with Crippen LogP contribution in [0.5, 0.6) is 17.2 Å². The van der Waals surface area contributed by atoms with Crippen LogP contribution in [0.2, 0.25) is 0 Å². The molecule has 2 aromatic carbocycles. The molecule has 0 radical (unpaired) electrons. The number of para-hydroxylation sites is 1. The summed E-state index contributed by atoms with van der Waals surface area (Å²) in [7, 11) is 4.88. The average molecular weight is 362 g/mol. The number of halogens is 1. The lowest BCUT2D eigenvalue weighted by molar-refractivity contribution is -0.117. The van der Waals surface area contributed by atoms with Gasteiger partial charge in [-0.15, -0.1) is 0 Å². The molecule has 0 atom stereocenters. The largest absolute Gasteiger partial charge is 0.497 e. The number of nitrogens with one attached hydrogen (secondary N) is 1. The third-order valence-corrected chi connectivity index (χ3v) is 3.62. The van der Waals surface area contributed by atoms with Crippen molar-refractivity contribution in [3.63, 3.8) is 0 Å². The van der Waals surface area contributed by atoms with E-state index in [0.29, 0.717) is 23.7 Å². The Morgan fingerprint density at radius 1 is 1.12 bits per heavy atom. The molecule has 0 aliphatic heterocycles. The Hall–Kier alpha value is -2.80. The van der Waals surface area contributed by atoms with E-state index in [1.807, 2.05) is 0 Å². The molecule has 0 bridgehead atoms. The van der Waals surface area contributed by atoms with E-state index >= 15 is 0 Å². The second-order valence-electron chi connectivity index (χ2n) is 5.67. The van der Waals surface area contributed by atoms with Crippen LogP contribution in [0.25, 0.3) is 0 Å². The third-order valence-electron chi connectivity index (χ3n) is 3.62. The fourth-order valence-electron chi connectivity index (χ4n) is 2.28. The van der Waals surface area contributed by atoms with E-state index in [1.54, 1.807) is 62.6 Å². The van der Waals surface area contributed by atoms with Gasteiger partial charge < -0.3 is 19.5 Å². The number of nitrogens with zero attached hydrogens (tertiary/aromatic N) is 1. The highest BCUT2D eigenvalue weighted by atomic mass is 19.1. The molecule has 0 aliphatic rings. The highest BCUT2D eigenvalue weighted by Gasteiger charge is 2.10. The predicted molar refractivity (Wildman–Crippen MR) is 97.6 cm³/mol. The van der Waals surface area contributed by atoms with Gasteiger partial charge in [0.05, 0.1) is 20.8 Å². The van der Waals surface area contributed by atoms with E-state index < -0.39 is 5.82 Å². The van der Waals surface area contributed by atoms with Crippen LogP contribution in [0.1, 0.15) is 0 Å². The van der Waals surface area contributed by atoms with Crippen molar-refractivity contribution in [3.8, 4) is 17.2 Å². The first-order valence-electron chi connectivity index (χ1n) is 8.10. The van der Waals surface area contributed by atoms with E-state index in [-0.39, 0.29) is 24.8 Å². The van der Waals surface area contributed by atoms with E-state index in [2.05, 4.69) is 5.32 Å². The van der Waals surface area contributed by atoms with Crippen molar-refractivity contribution < 1.29 is 23.4 Å². The summed E-state index contributed by atoms with van der Waals surface area (Å²) < 4.78 is 29.2. The topological polar surface area (TPSA) is 60.0 Å². The van der Waals surface area contributed by atoms with Crippen molar-refractivity contribution in [2.45, 2.75) is 0 Å². The molecular formula is C19H23FN2O4. The molecule has 2 aromatic rings. The summed E-state index contributed by atoms with van der Waals surface area (Å²) in [6, 6.07) is 11.4. The maximum atomic E-state index is 13.5. The van der Waals surface area contributed by atoms with E-state index in [0.717, 1.165) is 0 Å². The Balaban J connectivity index is 1.81. The monoisotopic (exact) mass is 362 g/mol. The van der Waals surface area contributed by atoms with Crippen LogP contribution in [-0.4, -0.2) is 51.8 Å². The van der Waals surface area contributed by atoms with Crippen molar-refractivity contribution in [1.82, 2.24) is 4.90 Å². The Morgan fingerprint density at radius 3 is 2.38 bits per heavy atom. The van der Waals surface area contributed by atoms with E-state index in [1.165, 1.54) is 6.07 Å². The number of carbonyl (C=O) groups excluding carboxylic acids is 1. The lowest BCUT2D eigenvalue weighted by atomic mass is 10.2. The van der Waals surface area contributed by atoms with Crippen LogP contribution in [0.4, 0.5) is 10.1 Å². The number of benzene rings is 2. The molecule has 0 unspecified atom stereocenters. The Kier molecular flexibility index (Phi) is 7.23. The highest BCUT2D eigenvalue weighted by Crippen LogP contribution is 2.25. The highest BCUT2D eigenvalue weighted by molar-refractivity contribution is 5.92. The zero-order valence-corrected chi connectivity index (χ0v) is 15.1. The normalized spacial score (nSPS) is 10.5. The molecule has 0 aromatic heterocycles. The van der Waals surface area contributed by atoms with Crippen LogP contribution >= 0.6 is 0 Å². The van der Waals surface area contributed by atoms with Crippen molar-refractivity contribution in [2.75, 3.05) is 46.3 Å². The SMILES string of the molecule is COc1cc(NC(=O)CN(C)CCOc2ccccc2F)cc(OC)c1. The molecule has 0 saturated heterocycles. The molecule has 0 aliphatic carbocycles. The second kappa shape index (κ2) is 9.62. The molecular weight excluding hydrogens is 339 g/mol. The van der Waals surface area contributed by atoms with Crippen LogP contribution in [0, 0.1) is 5.82 Å². The minimum absolute atomic E-state index is 0.167. The minimum atomic E-state index is -0.403. The van der Waals surface area contributed by atoms with Gasteiger partial charge in [-0.05, 0) is 19.2 Å². The molecule has 2 rings (SSSR count). The molecule has 1 N–H and O–H groups in total. The lowest BCUT2D eigenvalue weighted by Gasteiger charge is -2.17. The first kappa shape index (κ1) is 19.5. The number of anilines is 1. The Bertz CT molecular complexity index is 717. The van der Waals surface area contributed by atoms with Crippen LogP contribution in [0.3, 0.4) is 0 Å². The lowest BCUT2D eigenvalue weighted by Crippen LogP contribution is -2.33. The van der Waals surface area contributed by atoms with E-state index in [4.69, 9.17) is 14.2 Å². The van der Waals surface area contributed by atoms with Crippen LogP contribution in [0.15, 0.2) is 42.5 Å². The van der Waals surface area contributed by atoms with Gasteiger partial charge in [0.15, 0.2) is 11.6 Å². The summed E-state index contributed by atoms with van der Waals surface area (Å²) in [5, 5.41) is 2.80. The van der Waals surface area contributed by atoms with Crippen molar-refractivity contribution in [1.29, 1.82) is 0 Å². The van der Waals surface area contributed by atoms with Gasteiger partial charge in [-0.25, -0.2) is 4.39 Å². The average Bonchev–Trinajstić information content (AvgIpc) is 2.62. The van der Waals surface area contributed by atoms with E-state index in [9.17, 15) is 9.18 Å². The third kappa shape index (κ3) is 5.93. The van der Waals surface area contributed by atoms with Crippen LogP contribution < -0.4 is 19.5 Å². The fourth-order valence-corrected chi connectivity index (χ4v) is 2.28. The molecule has 0 saturated carbocycles. The summed E-state index contributed by atoms with van der Waals surface area (Å²) in [4.78, 5) is 14.0. The van der Waals surface area contributed by atoms with Gasteiger partial charge in [0.2, 0.25) is 5.91 Å². The number of rotatable bonds is 9. The summed E-state index contributed by atoms with van der Waals surface area (Å²) in [6.07, 6.45) is 0. The van der Waals surface area contributed by atoms with Gasteiger partial charge in [-0.3, -0.25) is 9.69 Å². The van der Waals surface area contributed by atoms with Gasteiger partial charge in [0.25, 0.3) is 0 Å². The predicted octanol–water partition coefficient (Wildman–Crippen LogP) is 2.79. The number of hydrogen-bond donors (Lipinski definition) is 1. The first-order chi connectivity index (χ1) is 12.5. The standard InChI is InChI=1S/C19H23FN2O4/c1-22(8-9-26-18-7-5-4-6-17(18)20)13-19(23)21-14-10-15(24-2)12-16(11-14)25-3/h4-7,10-12H,8-9,13H2,1-3H3,(H,21,23). The van der Waals surface area contributed by atoms with Gasteiger partial charge in [0, 0.05) is 30.4 Å². The number of hydrogen-bond acceptors (Lipinski definition) is 5. The molecule has 6 nitrogen and oxygen atoms in total. The maximum absolute atomic E-state index is 13.5. The Morgan fingerprint density at radius 2 is 1.77 bits per heavy atom.